The van der Waals surface area contributed by atoms with Crippen molar-refractivity contribution in [2.24, 2.45) is 5.92 Å². The number of ether oxygens (including phenoxy) is 1. The molecule has 0 saturated heterocycles. The molecule has 124 valence electrons. The Morgan fingerprint density at radius 1 is 1.14 bits per heavy atom. The number of carbonyl (C=O) groups is 1. The molecule has 2 atom stereocenters. The van der Waals surface area contributed by atoms with E-state index in [1.54, 1.807) is 0 Å². The van der Waals surface area contributed by atoms with Gasteiger partial charge in [0, 0.05) is 6.54 Å². The summed E-state index contributed by atoms with van der Waals surface area (Å²) in [5.74, 6) is 0.256. The SMILES string of the molecule is CCCCC(CC)C(CCN(C)C)OC(=O)c1ccccc1. The van der Waals surface area contributed by atoms with Gasteiger partial charge in [-0.15, -0.1) is 0 Å². The van der Waals surface area contributed by atoms with Crippen molar-refractivity contribution >= 4 is 5.97 Å². The lowest BCUT2D eigenvalue weighted by atomic mass is 9.91. The Balaban J connectivity index is 2.73. The summed E-state index contributed by atoms with van der Waals surface area (Å²) in [6, 6.07) is 9.30. The average Bonchev–Trinajstić information content (AvgIpc) is 2.53. The van der Waals surface area contributed by atoms with Gasteiger partial charge in [-0.05, 0) is 51.4 Å². The first-order chi connectivity index (χ1) is 10.6. The second-order valence-corrected chi connectivity index (χ2v) is 6.21. The Hall–Kier alpha value is -1.35. The number of hydrogen-bond donors (Lipinski definition) is 0. The van der Waals surface area contributed by atoms with Gasteiger partial charge in [0.05, 0.1) is 5.56 Å². The van der Waals surface area contributed by atoms with E-state index in [9.17, 15) is 4.79 Å². The van der Waals surface area contributed by atoms with E-state index in [1.165, 1.54) is 12.8 Å². The maximum atomic E-state index is 12.4. The van der Waals surface area contributed by atoms with Crippen molar-refractivity contribution < 1.29 is 9.53 Å². The van der Waals surface area contributed by atoms with Crippen LogP contribution in [0.1, 0.15) is 56.3 Å². The summed E-state index contributed by atoms with van der Waals surface area (Å²) < 4.78 is 5.87. The van der Waals surface area contributed by atoms with E-state index in [0.29, 0.717) is 11.5 Å². The molecular formula is C19H31NO2. The lowest BCUT2D eigenvalue weighted by Crippen LogP contribution is -2.30. The minimum absolute atomic E-state index is 0.00616. The predicted octanol–water partition coefficient (Wildman–Crippen LogP) is 4.38. The minimum atomic E-state index is -0.195. The van der Waals surface area contributed by atoms with Crippen LogP contribution < -0.4 is 0 Å². The van der Waals surface area contributed by atoms with Gasteiger partial charge in [0.25, 0.3) is 0 Å². The molecule has 0 aliphatic carbocycles. The van der Waals surface area contributed by atoms with Gasteiger partial charge in [0.15, 0.2) is 0 Å². The lowest BCUT2D eigenvalue weighted by Gasteiger charge is -2.27. The zero-order valence-corrected chi connectivity index (χ0v) is 14.5. The van der Waals surface area contributed by atoms with Gasteiger partial charge >= 0.3 is 5.97 Å². The molecule has 0 amide bonds. The van der Waals surface area contributed by atoms with E-state index >= 15 is 0 Å². The second kappa shape index (κ2) is 10.4. The third-order valence-corrected chi connectivity index (χ3v) is 4.11. The molecule has 3 nitrogen and oxygen atoms in total. The van der Waals surface area contributed by atoms with Crippen LogP contribution >= 0.6 is 0 Å². The van der Waals surface area contributed by atoms with Gasteiger partial charge < -0.3 is 9.64 Å². The molecule has 1 aromatic rings. The molecule has 0 spiro atoms. The number of benzene rings is 1. The highest BCUT2D eigenvalue weighted by atomic mass is 16.5. The summed E-state index contributed by atoms with van der Waals surface area (Å²) in [5, 5.41) is 0. The molecule has 2 unspecified atom stereocenters. The number of esters is 1. The number of nitrogens with zero attached hydrogens (tertiary/aromatic N) is 1. The molecular weight excluding hydrogens is 274 g/mol. The molecule has 0 radical (unpaired) electrons. The summed E-state index contributed by atoms with van der Waals surface area (Å²) in [6.07, 6.45) is 5.47. The van der Waals surface area contributed by atoms with Crippen LogP contribution in [0.25, 0.3) is 0 Å². The van der Waals surface area contributed by atoms with Gasteiger partial charge in [-0.25, -0.2) is 4.79 Å². The molecule has 22 heavy (non-hydrogen) atoms. The lowest BCUT2D eigenvalue weighted by molar-refractivity contribution is 0.00662. The molecule has 1 rings (SSSR count). The summed E-state index contributed by atoms with van der Waals surface area (Å²) in [5.41, 5.74) is 0.641. The highest BCUT2D eigenvalue weighted by Gasteiger charge is 2.24. The van der Waals surface area contributed by atoms with E-state index in [4.69, 9.17) is 4.74 Å². The molecule has 0 bridgehead atoms. The minimum Gasteiger partial charge on any atom is -0.458 e. The first-order valence-corrected chi connectivity index (χ1v) is 8.49. The third kappa shape index (κ3) is 6.61. The first-order valence-electron chi connectivity index (χ1n) is 8.49. The van der Waals surface area contributed by atoms with Crippen molar-refractivity contribution in [1.29, 1.82) is 0 Å². The van der Waals surface area contributed by atoms with Gasteiger partial charge in [-0.3, -0.25) is 0 Å². The summed E-state index contributed by atoms with van der Waals surface area (Å²) in [7, 11) is 4.12. The normalized spacial score (nSPS) is 13.9. The van der Waals surface area contributed by atoms with Crippen LogP contribution in [0.3, 0.4) is 0 Å². The van der Waals surface area contributed by atoms with Crippen LogP contribution in [0.5, 0.6) is 0 Å². The van der Waals surface area contributed by atoms with Crippen LogP contribution in [-0.2, 0) is 4.74 Å². The van der Waals surface area contributed by atoms with Crippen LogP contribution in [0.4, 0.5) is 0 Å². The van der Waals surface area contributed by atoms with Crippen LogP contribution in [0.2, 0.25) is 0 Å². The third-order valence-electron chi connectivity index (χ3n) is 4.11. The van der Waals surface area contributed by atoms with Crippen molar-refractivity contribution in [3.8, 4) is 0 Å². The van der Waals surface area contributed by atoms with E-state index < -0.39 is 0 Å². The van der Waals surface area contributed by atoms with Gasteiger partial charge in [-0.2, -0.15) is 0 Å². The molecule has 0 heterocycles. The molecule has 0 aliphatic heterocycles. The van der Waals surface area contributed by atoms with Crippen molar-refractivity contribution in [2.75, 3.05) is 20.6 Å². The van der Waals surface area contributed by atoms with E-state index in [2.05, 4.69) is 32.8 Å². The zero-order chi connectivity index (χ0) is 16.4. The van der Waals surface area contributed by atoms with Crippen molar-refractivity contribution in [3.05, 3.63) is 35.9 Å². The quantitative estimate of drug-likeness (QED) is 0.601. The Labute approximate surface area is 135 Å². The van der Waals surface area contributed by atoms with Crippen molar-refractivity contribution in [3.63, 3.8) is 0 Å². The average molecular weight is 305 g/mol. The van der Waals surface area contributed by atoms with E-state index in [0.717, 1.165) is 25.8 Å². The maximum absolute atomic E-state index is 12.4. The largest absolute Gasteiger partial charge is 0.458 e. The van der Waals surface area contributed by atoms with Crippen molar-refractivity contribution in [1.82, 2.24) is 4.90 Å². The fraction of sp³-hybridized carbons (Fsp3) is 0.632. The Morgan fingerprint density at radius 2 is 1.82 bits per heavy atom. The number of rotatable bonds is 10. The molecule has 0 fully saturated rings. The first kappa shape index (κ1) is 18.7. The van der Waals surface area contributed by atoms with Crippen LogP contribution in [0, 0.1) is 5.92 Å². The van der Waals surface area contributed by atoms with Crippen LogP contribution in [-0.4, -0.2) is 37.6 Å². The molecule has 0 N–H and O–H groups in total. The molecule has 0 aliphatic rings. The maximum Gasteiger partial charge on any atom is 0.338 e. The fourth-order valence-corrected chi connectivity index (χ4v) is 2.68. The van der Waals surface area contributed by atoms with E-state index in [1.807, 2.05) is 30.3 Å². The fourth-order valence-electron chi connectivity index (χ4n) is 2.68. The topological polar surface area (TPSA) is 29.5 Å². The summed E-state index contributed by atoms with van der Waals surface area (Å²) in [4.78, 5) is 14.5. The Morgan fingerprint density at radius 3 is 2.36 bits per heavy atom. The van der Waals surface area contributed by atoms with Gasteiger partial charge in [0.2, 0.25) is 0 Å². The predicted molar refractivity (Wildman–Crippen MR) is 92.1 cm³/mol. The Kier molecular flexibility index (Phi) is 8.83. The molecule has 0 saturated carbocycles. The van der Waals surface area contributed by atoms with Gasteiger partial charge in [0.1, 0.15) is 6.10 Å². The summed E-state index contributed by atoms with van der Waals surface area (Å²) >= 11 is 0. The monoisotopic (exact) mass is 305 g/mol. The molecule has 0 aromatic heterocycles. The van der Waals surface area contributed by atoms with E-state index in [-0.39, 0.29) is 12.1 Å². The zero-order valence-electron chi connectivity index (χ0n) is 14.5. The highest BCUT2D eigenvalue weighted by Crippen LogP contribution is 2.23. The van der Waals surface area contributed by atoms with Crippen molar-refractivity contribution in [2.45, 2.75) is 52.1 Å². The highest BCUT2D eigenvalue weighted by molar-refractivity contribution is 5.89. The molecule has 1 aromatic carbocycles. The smallest absolute Gasteiger partial charge is 0.338 e. The standard InChI is InChI=1S/C19H31NO2/c1-5-7-11-16(6-2)18(14-15-20(3)4)22-19(21)17-12-9-8-10-13-17/h8-10,12-13,16,18H,5-7,11,14-15H2,1-4H3. The second-order valence-electron chi connectivity index (χ2n) is 6.21. The van der Waals surface area contributed by atoms with Crippen LogP contribution in [0.15, 0.2) is 30.3 Å². The summed E-state index contributed by atoms with van der Waals surface area (Å²) in [6.45, 7) is 5.34. The number of hydrogen-bond acceptors (Lipinski definition) is 3. The number of unbranched alkanes of at least 4 members (excludes halogenated alkanes) is 1. The Bertz CT molecular complexity index is 417. The number of carbonyl (C=O) groups excluding carboxylic acids is 1. The molecule has 3 heteroatoms. The van der Waals surface area contributed by atoms with Gasteiger partial charge in [-0.1, -0.05) is 44.9 Å².